The zero-order chi connectivity index (χ0) is 14.5. The Hall–Kier alpha value is -1.81. The van der Waals surface area contributed by atoms with Crippen molar-refractivity contribution in [2.45, 2.75) is 6.42 Å². The summed E-state index contributed by atoms with van der Waals surface area (Å²) in [4.78, 5) is 12.5. The van der Waals surface area contributed by atoms with Crippen molar-refractivity contribution in [2.75, 3.05) is 14.2 Å². The Morgan fingerprint density at radius 2 is 1.60 bits per heavy atom. The third-order valence-electron chi connectivity index (χ3n) is 3.02. The maximum atomic E-state index is 12.5. The molecule has 0 N–H and O–H groups in total. The van der Waals surface area contributed by atoms with E-state index in [4.69, 9.17) is 9.47 Å². The SMILES string of the molecule is COc1cccc(OC)c1C(=O)Cc1ccccc1Br. The summed E-state index contributed by atoms with van der Waals surface area (Å²) in [5.41, 5.74) is 1.42. The molecule has 3 nitrogen and oxygen atoms in total. The lowest BCUT2D eigenvalue weighted by Gasteiger charge is -2.12. The highest BCUT2D eigenvalue weighted by atomic mass is 79.9. The average molecular weight is 335 g/mol. The highest BCUT2D eigenvalue weighted by molar-refractivity contribution is 9.10. The van der Waals surface area contributed by atoms with E-state index in [0.717, 1.165) is 10.0 Å². The van der Waals surface area contributed by atoms with Crippen LogP contribution in [0.25, 0.3) is 0 Å². The first-order valence-electron chi connectivity index (χ1n) is 6.15. The molecule has 20 heavy (non-hydrogen) atoms. The van der Waals surface area contributed by atoms with Crippen LogP contribution in [0.5, 0.6) is 11.5 Å². The van der Waals surface area contributed by atoms with Crippen LogP contribution in [0.15, 0.2) is 46.9 Å². The van der Waals surface area contributed by atoms with Crippen molar-refractivity contribution in [3.8, 4) is 11.5 Å². The van der Waals surface area contributed by atoms with Gasteiger partial charge in [0.1, 0.15) is 17.1 Å². The van der Waals surface area contributed by atoms with Gasteiger partial charge >= 0.3 is 0 Å². The normalized spacial score (nSPS) is 10.2. The second-order valence-corrected chi connectivity index (χ2v) is 5.08. The Morgan fingerprint density at radius 1 is 1.00 bits per heavy atom. The molecule has 0 saturated heterocycles. The number of Topliss-reactive ketones (excluding diaryl/α,β-unsaturated/α-hetero) is 1. The van der Waals surface area contributed by atoms with Crippen LogP contribution in [0.2, 0.25) is 0 Å². The first-order chi connectivity index (χ1) is 9.67. The number of benzene rings is 2. The molecule has 0 aliphatic rings. The Morgan fingerprint density at radius 3 is 2.15 bits per heavy atom. The van der Waals surface area contributed by atoms with Gasteiger partial charge in [0.2, 0.25) is 0 Å². The smallest absolute Gasteiger partial charge is 0.174 e. The summed E-state index contributed by atoms with van der Waals surface area (Å²) in [6.45, 7) is 0. The summed E-state index contributed by atoms with van der Waals surface area (Å²) in [6, 6.07) is 13.0. The first kappa shape index (κ1) is 14.6. The monoisotopic (exact) mass is 334 g/mol. The fraction of sp³-hybridized carbons (Fsp3) is 0.188. The molecule has 0 radical (unpaired) electrons. The van der Waals surface area contributed by atoms with E-state index in [9.17, 15) is 4.79 Å². The van der Waals surface area contributed by atoms with Crippen LogP contribution in [0.4, 0.5) is 0 Å². The molecule has 0 fully saturated rings. The standard InChI is InChI=1S/C16H15BrO3/c1-19-14-8-5-9-15(20-2)16(14)13(18)10-11-6-3-4-7-12(11)17/h3-9H,10H2,1-2H3. The second-order valence-electron chi connectivity index (χ2n) is 4.23. The van der Waals surface area contributed by atoms with Crippen LogP contribution in [-0.2, 0) is 6.42 Å². The van der Waals surface area contributed by atoms with Crippen LogP contribution in [0.1, 0.15) is 15.9 Å². The number of rotatable bonds is 5. The van der Waals surface area contributed by atoms with Crippen LogP contribution >= 0.6 is 15.9 Å². The number of hydrogen-bond acceptors (Lipinski definition) is 3. The lowest BCUT2D eigenvalue weighted by Crippen LogP contribution is -2.08. The molecule has 0 bridgehead atoms. The highest BCUT2D eigenvalue weighted by Crippen LogP contribution is 2.30. The minimum absolute atomic E-state index is 0.0359. The number of methoxy groups -OCH3 is 2. The highest BCUT2D eigenvalue weighted by Gasteiger charge is 2.19. The summed E-state index contributed by atoms with van der Waals surface area (Å²) in [7, 11) is 3.09. The van der Waals surface area contributed by atoms with Gasteiger partial charge in [-0.25, -0.2) is 0 Å². The average Bonchev–Trinajstić information content (AvgIpc) is 2.48. The lowest BCUT2D eigenvalue weighted by atomic mass is 10.0. The molecule has 2 aromatic carbocycles. The van der Waals surface area contributed by atoms with Crippen molar-refractivity contribution in [3.63, 3.8) is 0 Å². The molecular weight excluding hydrogens is 320 g/mol. The van der Waals surface area contributed by atoms with E-state index in [0.29, 0.717) is 17.1 Å². The van der Waals surface area contributed by atoms with Crippen LogP contribution < -0.4 is 9.47 Å². The van der Waals surface area contributed by atoms with E-state index in [1.807, 2.05) is 24.3 Å². The number of ketones is 1. The summed E-state index contributed by atoms with van der Waals surface area (Å²) in [5, 5.41) is 0. The third kappa shape index (κ3) is 3.02. The molecule has 104 valence electrons. The predicted octanol–water partition coefficient (Wildman–Crippen LogP) is 3.89. The third-order valence-corrected chi connectivity index (χ3v) is 3.79. The molecule has 2 aromatic rings. The Kier molecular flexibility index (Phi) is 4.79. The Balaban J connectivity index is 2.36. The number of carbonyl (C=O) groups excluding carboxylic acids is 1. The number of hydrogen-bond donors (Lipinski definition) is 0. The lowest BCUT2D eigenvalue weighted by molar-refractivity contribution is 0.0986. The molecule has 0 atom stereocenters. The first-order valence-corrected chi connectivity index (χ1v) is 6.94. The topological polar surface area (TPSA) is 35.5 Å². The van der Waals surface area contributed by atoms with E-state index < -0.39 is 0 Å². The molecule has 2 rings (SSSR count). The molecule has 0 aromatic heterocycles. The molecule has 0 saturated carbocycles. The maximum Gasteiger partial charge on any atom is 0.174 e. The summed E-state index contributed by atoms with van der Waals surface area (Å²) in [5.74, 6) is 1.02. The second kappa shape index (κ2) is 6.57. The molecular formula is C16H15BrO3. The fourth-order valence-electron chi connectivity index (χ4n) is 2.03. The van der Waals surface area contributed by atoms with Gasteiger partial charge in [-0.05, 0) is 23.8 Å². The molecule has 4 heteroatoms. The van der Waals surface area contributed by atoms with Crippen molar-refractivity contribution in [2.24, 2.45) is 0 Å². The van der Waals surface area contributed by atoms with E-state index >= 15 is 0 Å². The van der Waals surface area contributed by atoms with Crippen LogP contribution in [-0.4, -0.2) is 20.0 Å². The van der Waals surface area contributed by atoms with Gasteiger partial charge in [-0.15, -0.1) is 0 Å². The summed E-state index contributed by atoms with van der Waals surface area (Å²) in [6.07, 6.45) is 0.290. The van der Waals surface area contributed by atoms with Crippen molar-refractivity contribution >= 4 is 21.7 Å². The summed E-state index contributed by atoms with van der Waals surface area (Å²) >= 11 is 3.45. The Labute approximate surface area is 126 Å². The van der Waals surface area contributed by atoms with Gasteiger partial charge in [-0.3, -0.25) is 4.79 Å². The van der Waals surface area contributed by atoms with Crippen LogP contribution in [0, 0.1) is 0 Å². The molecule has 0 heterocycles. The molecule has 0 aliphatic carbocycles. The van der Waals surface area contributed by atoms with Crippen molar-refractivity contribution in [1.29, 1.82) is 0 Å². The van der Waals surface area contributed by atoms with Gasteiger partial charge in [-0.2, -0.15) is 0 Å². The van der Waals surface area contributed by atoms with E-state index in [1.54, 1.807) is 32.4 Å². The molecule has 0 aliphatic heterocycles. The van der Waals surface area contributed by atoms with E-state index in [1.165, 1.54) is 0 Å². The summed E-state index contributed by atoms with van der Waals surface area (Å²) < 4.78 is 11.4. The zero-order valence-electron chi connectivity index (χ0n) is 11.4. The minimum Gasteiger partial charge on any atom is -0.496 e. The van der Waals surface area contributed by atoms with Crippen molar-refractivity contribution in [3.05, 3.63) is 58.1 Å². The number of halogens is 1. The quantitative estimate of drug-likeness (QED) is 0.778. The molecule has 0 spiro atoms. The Bertz CT molecular complexity index is 601. The van der Waals surface area contributed by atoms with Gasteiger partial charge < -0.3 is 9.47 Å². The van der Waals surface area contributed by atoms with Crippen molar-refractivity contribution < 1.29 is 14.3 Å². The zero-order valence-corrected chi connectivity index (χ0v) is 12.9. The van der Waals surface area contributed by atoms with Gasteiger partial charge in [0, 0.05) is 10.9 Å². The minimum atomic E-state index is -0.0359. The van der Waals surface area contributed by atoms with Gasteiger partial charge in [0.25, 0.3) is 0 Å². The largest absolute Gasteiger partial charge is 0.496 e. The van der Waals surface area contributed by atoms with Gasteiger partial charge in [-0.1, -0.05) is 40.2 Å². The van der Waals surface area contributed by atoms with Gasteiger partial charge in [0.15, 0.2) is 5.78 Å². The van der Waals surface area contributed by atoms with Gasteiger partial charge in [0.05, 0.1) is 14.2 Å². The fourth-order valence-corrected chi connectivity index (χ4v) is 2.45. The maximum absolute atomic E-state index is 12.5. The number of ether oxygens (including phenoxy) is 2. The van der Waals surface area contributed by atoms with E-state index in [-0.39, 0.29) is 12.2 Å². The van der Waals surface area contributed by atoms with E-state index in [2.05, 4.69) is 15.9 Å². The van der Waals surface area contributed by atoms with Crippen LogP contribution in [0.3, 0.4) is 0 Å². The molecule has 0 amide bonds. The predicted molar refractivity (Wildman–Crippen MR) is 81.7 cm³/mol. The number of carbonyl (C=O) groups is 1. The van der Waals surface area contributed by atoms with Crippen molar-refractivity contribution in [1.82, 2.24) is 0 Å². The molecule has 0 unspecified atom stereocenters.